The van der Waals surface area contributed by atoms with Crippen LogP contribution in [0, 0.1) is 0 Å². The standard InChI is InChI=1S/C19H28N2O4/c1-4-6-12-16(21-19(24)25-13-5-2)17(22)18(23)20-14(3)15-10-8-7-9-11-15/h7-11,14,16H,4-6,12-13H2,1-3H3,(H,20,23)(H,21,24)/t14-,16+/m1/s1. The Morgan fingerprint density at radius 2 is 1.72 bits per heavy atom. The highest BCUT2D eigenvalue weighted by Gasteiger charge is 2.27. The Balaban J connectivity index is 2.68. The molecule has 0 aliphatic carbocycles. The molecular weight excluding hydrogens is 320 g/mol. The summed E-state index contributed by atoms with van der Waals surface area (Å²) < 4.78 is 4.95. The fourth-order valence-electron chi connectivity index (χ4n) is 2.31. The third kappa shape index (κ3) is 7.37. The molecular formula is C19H28N2O4. The fraction of sp³-hybridized carbons (Fsp3) is 0.526. The average molecular weight is 348 g/mol. The molecule has 2 atom stereocenters. The van der Waals surface area contributed by atoms with Gasteiger partial charge >= 0.3 is 6.09 Å². The van der Waals surface area contributed by atoms with Crippen LogP contribution in [0.5, 0.6) is 0 Å². The Morgan fingerprint density at radius 1 is 1.04 bits per heavy atom. The molecule has 2 N–H and O–H groups in total. The average Bonchev–Trinajstić information content (AvgIpc) is 2.63. The predicted molar refractivity (Wildman–Crippen MR) is 96.1 cm³/mol. The van der Waals surface area contributed by atoms with Crippen LogP contribution in [0.1, 0.15) is 58.1 Å². The first-order valence-electron chi connectivity index (χ1n) is 8.82. The molecule has 0 spiro atoms. The third-order valence-electron chi connectivity index (χ3n) is 3.76. The van der Waals surface area contributed by atoms with Crippen LogP contribution in [0.25, 0.3) is 0 Å². The van der Waals surface area contributed by atoms with Crippen molar-refractivity contribution < 1.29 is 19.1 Å². The van der Waals surface area contributed by atoms with E-state index in [0.29, 0.717) is 12.8 Å². The van der Waals surface area contributed by atoms with Gasteiger partial charge in [0.15, 0.2) is 0 Å². The van der Waals surface area contributed by atoms with E-state index in [1.54, 1.807) is 0 Å². The maximum absolute atomic E-state index is 12.4. The minimum atomic E-state index is -0.868. The largest absolute Gasteiger partial charge is 0.450 e. The van der Waals surface area contributed by atoms with Crippen molar-refractivity contribution >= 4 is 17.8 Å². The van der Waals surface area contributed by atoms with E-state index in [1.807, 2.05) is 51.1 Å². The molecule has 6 nitrogen and oxygen atoms in total. The molecule has 0 saturated heterocycles. The lowest BCUT2D eigenvalue weighted by Gasteiger charge is -2.19. The van der Waals surface area contributed by atoms with E-state index in [1.165, 1.54) is 0 Å². The van der Waals surface area contributed by atoms with Crippen molar-refractivity contribution in [3.05, 3.63) is 35.9 Å². The summed E-state index contributed by atoms with van der Waals surface area (Å²) in [5.74, 6) is -1.35. The number of ketones is 1. The van der Waals surface area contributed by atoms with Crippen LogP contribution >= 0.6 is 0 Å². The Kier molecular flexibility index (Phi) is 9.29. The van der Waals surface area contributed by atoms with Gasteiger partial charge in [0.2, 0.25) is 5.78 Å². The number of benzene rings is 1. The van der Waals surface area contributed by atoms with Crippen molar-refractivity contribution in [2.45, 2.75) is 58.5 Å². The topological polar surface area (TPSA) is 84.5 Å². The van der Waals surface area contributed by atoms with Gasteiger partial charge in [-0.3, -0.25) is 9.59 Å². The van der Waals surface area contributed by atoms with Gasteiger partial charge in [-0.05, 0) is 25.3 Å². The molecule has 0 radical (unpaired) electrons. The summed E-state index contributed by atoms with van der Waals surface area (Å²) in [5, 5.41) is 5.20. The van der Waals surface area contributed by atoms with Crippen LogP contribution in [0.3, 0.4) is 0 Å². The van der Waals surface area contributed by atoms with Crippen molar-refractivity contribution in [1.29, 1.82) is 0 Å². The number of alkyl carbamates (subject to hydrolysis) is 1. The zero-order valence-corrected chi connectivity index (χ0v) is 15.2. The monoisotopic (exact) mass is 348 g/mol. The maximum Gasteiger partial charge on any atom is 0.407 e. The van der Waals surface area contributed by atoms with E-state index in [-0.39, 0.29) is 12.6 Å². The van der Waals surface area contributed by atoms with Crippen LogP contribution < -0.4 is 10.6 Å². The van der Waals surface area contributed by atoms with Crippen molar-refractivity contribution in [2.24, 2.45) is 0 Å². The number of carbonyl (C=O) groups excluding carboxylic acids is 3. The molecule has 0 aliphatic rings. The van der Waals surface area contributed by atoms with Gasteiger partial charge in [-0.15, -0.1) is 0 Å². The van der Waals surface area contributed by atoms with Gasteiger partial charge < -0.3 is 15.4 Å². The summed E-state index contributed by atoms with van der Waals surface area (Å²) in [6.07, 6.45) is 2.02. The van der Waals surface area contributed by atoms with Gasteiger partial charge in [-0.1, -0.05) is 57.0 Å². The van der Waals surface area contributed by atoms with E-state index < -0.39 is 23.8 Å². The summed E-state index contributed by atoms with van der Waals surface area (Å²) in [7, 11) is 0. The van der Waals surface area contributed by atoms with E-state index in [4.69, 9.17) is 4.74 Å². The number of rotatable bonds is 10. The molecule has 0 aliphatic heterocycles. The van der Waals surface area contributed by atoms with E-state index >= 15 is 0 Å². The lowest BCUT2D eigenvalue weighted by atomic mass is 10.0. The summed E-state index contributed by atoms with van der Waals surface area (Å²) >= 11 is 0. The molecule has 6 heteroatoms. The Hall–Kier alpha value is -2.37. The number of amides is 2. The number of carbonyl (C=O) groups is 3. The first-order valence-corrected chi connectivity index (χ1v) is 8.82. The lowest BCUT2D eigenvalue weighted by Crippen LogP contribution is -2.48. The van der Waals surface area contributed by atoms with E-state index in [2.05, 4.69) is 10.6 Å². The van der Waals surface area contributed by atoms with Crippen LogP contribution in [0.2, 0.25) is 0 Å². The van der Waals surface area contributed by atoms with Gasteiger partial charge in [0.25, 0.3) is 5.91 Å². The molecule has 0 unspecified atom stereocenters. The zero-order chi connectivity index (χ0) is 18.7. The van der Waals surface area contributed by atoms with Gasteiger partial charge in [0.1, 0.15) is 6.04 Å². The van der Waals surface area contributed by atoms with E-state index in [0.717, 1.165) is 18.4 Å². The minimum Gasteiger partial charge on any atom is -0.450 e. The number of hydrogen-bond donors (Lipinski definition) is 2. The number of ether oxygens (including phenoxy) is 1. The highest BCUT2D eigenvalue weighted by atomic mass is 16.5. The van der Waals surface area contributed by atoms with Crippen LogP contribution in [0.4, 0.5) is 4.79 Å². The zero-order valence-electron chi connectivity index (χ0n) is 15.2. The molecule has 0 heterocycles. The smallest absolute Gasteiger partial charge is 0.407 e. The molecule has 0 aromatic heterocycles. The van der Waals surface area contributed by atoms with Crippen LogP contribution in [-0.2, 0) is 14.3 Å². The molecule has 138 valence electrons. The molecule has 2 amide bonds. The second-order valence-corrected chi connectivity index (χ2v) is 5.95. The number of hydrogen-bond acceptors (Lipinski definition) is 4. The first-order chi connectivity index (χ1) is 12.0. The lowest BCUT2D eigenvalue weighted by molar-refractivity contribution is -0.139. The Labute approximate surface area is 149 Å². The first kappa shape index (κ1) is 20.7. The second kappa shape index (κ2) is 11.2. The molecule has 25 heavy (non-hydrogen) atoms. The third-order valence-corrected chi connectivity index (χ3v) is 3.76. The normalized spacial score (nSPS) is 12.8. The summed E-state index contributed by atoms with van der Waals surface area (Å²) in [6.45, 7) is 5.95. The second-order valence-electron chi connectivity index (χ2n) is 5.95. The molecule has 0 fully saturated rings. The number of unbranched alkanes of at least 4 members (excludes halogenated alkanes) is 1. The van der Waals surface area contributed by atoms with Gasteiger partial charge in [-0.25, -0.2) is 4.79 Å². The number of nitrogens with one attached hydrogen (secondary N) is 2. The fourth-order valence-corrected chi connectivity index (χ4v) is 2.31. The minimum absolute atomic E-state index is 0.276. The molecule has 0 bridgehead atoms. The van der Waals surface area contributed by atoms with Gasteiger partial charge in [0, 0.05) is 0 Å². The highest BCUT2D eigenvalue weighted by molar-refractivity contribution is 6.38. The maximum atomic E-state index is 12.4. The predicted octanol–water partition coefficient (Wildman–Crippen LogP) is 3.13. The summed E-state index contributed by atoms with van der Waals surface area (Å²) in [4.78, 5) is 36.4. The highest BCUT2D eigenvalue weighted by Crippen LogP contribution is 2.11. The van der Waals surface area contributed by atoms with E-state index in [9.17, 15) is 14.4 Å². The molecule has 1 aromatic carbocycles. The van der Waals surface area contributed by atoms with Gasteiger partial charge in [-0.2, -0.15) is 0 Å². The van der Waals surface area contributed by atoms with Crippen molar-refractivity contribution in [3.63, 3.8) is 0 Å². The molecule has 1 rings (SSSR count). The van der Waals surface area contributed by atoms with Crippen molar-refractivity contribution in [3.8, 4) is 0 Å². The quantitative estimate of drug-likeness (QED) is 0.636. The van der Waals surface area contributed by atoms with Crippen molar-refractivity contribution in [2.75, 3.05) is 6.61 Å². The SMILES string of the molecule is CCCC[C@H](NC(=O)OCCC)C(=O)C(=O)N[C@H](C)c1ccccc1. The molecule has 1 aromatic rings. The Bertz CT molecular complexity index is 560. The molecule has 0 saturated carbocycles. The Morgan fingerprint density at radius 3 is 2.32 bits per heavy atom. The van der Waals surface area contributed by atoms with Crippen LogP contribution in [-0.4, -0.2) is 30.4 Å². The summed E-state index contributed by atoms with van der Waals surface area (Å²) in [5.41, 5.74) is 0.907. The number of Topliss-reactive ketones (excluding diaryl/α,β-unsaturated/α-hetero) is 1. The van der Waals surface area contributed by atoms with Crippen LogP contribution in [0.15, 0.2) is 30.3 Å². The summed E-state index contributed by atoms with van der Waals surface area (Å²) in [6, 6.07) is 8.22. The van der Waals surface area contributed by atoms with Gasteiger partial charge in [0.05, 0.1) is 12.6 Å². The van der Waals surface area contributed by atoms with Crippen molar-refractivity contribution in [1.82, 2.24) is 10.6 Å².